The fourth-order valence-electron chi connectivity index (χ4n) is 1.89. The van der Waals surface area contributed by atoms with Crippen LogP contribution in [0.5, 0.6) is 0 Å². The molecule has 2 unspecified atom stereocenters. The van der Waals surface area contributed by atoms with Crippen molar-refractivity contribution < 1.29 is 18.4 Å². The Kier molecular flexibility index (Phi) is 4.12. The fraction of sp³-hybridized carbons (Fsp3) is 0.286. The molecular weight excluding hydrogens is 266 g/mol. The lowest BCUT2D eigenvalue weighted by atomic mass is 10.2. The minimum Gasteiger partial charge on any atom is -0.352 e. The highest BCUT2D eigenvalue weighted by Gasteiger charge is 2.47. The Labute approximate surface area is 114 Å². The third-order valence-electron chi connectivity index (χ3n) is 3.07. The Hall–Kier alpha value is -2.24. The van der Waals surface area contributed by atoms with Gasteiger partial charge in [-0.2, -0.15) is 0 Å². The van der Waals surface area contributed by atoms with Gasteiger partial charge in [-0.15, -0.1) is 6.58 Å². The molecule has 0 heterocycles. The summed E-state index contributed by atoms with van der Waals surface area (Å²) in [6, 6.07) is 3.11. The number of rotatable bonds is 5. The summed E-state index contributed by atoms with van der Waals surface area (Å²) in [5.41, 5.74) is 0.172. The first-order chi connectivity index (χ1) is 9.52. The SMILES string of the molecule is C=CCNC(=O)C1CC1C(=O)Nc1ccc(F)c(F)c1. The van der Waals surface area contributed by atoms with Crippen molar-refractivity contribution in [2.75, 3.05) is 11.9 Å². The first-order valence-corrected chi connectivity index (χ1v) is 6.17. The summed E-state index contributed by atoms with van der Waals surface area (Å²) < 4.78 is 25.7. The normalized spacial score (nSPS) is 20.1. The molecule has 106 valence electrons. The second-order valence-corrected chi connectivity index (χ2v) is 4.60. The average Bonchev–Trinajstić information content (AvgIpc) is 3.20. The quantitative estimate of drug-likeness (QED) is 0.809. The van der Waals surface area contributed by atoms with Crippen LogP contribution >= 0.6 is 0 Å². The molecule has 1 aromatic rings. The smallest absolute Gasteiger partial charge is 0.228 e. The predicted molar refractivity (Wildman–Crippen MR) is 69.8 cm³/mol. The number of benzene rings is 1. The molecule has 1 aromatic carbocycles. The summed E-state index contributed by atoms with van der Waals surface area (Å²) in [5, 5.41) is 5.08. The molecule has 1 saturated carbocycles. The first-order valence-electron chi connectivity index (χ1n) is 6.17. The van der Waals surface area contributed by atoms with Crippen molar-refractivity contribution in [2.45, 2.75) is 6.42 Å². The van der Waals surface area contributed by atoms with Gasteiger partial charge in [0.15, 0.2) is 11.6 Å². The van der Waals surface area contributed by atoms with Crippen molar-refractivity contribution >= 4 is 17.5 Å². The number of anilines is 1. The Bertz CT molecular complexity index is 560. The van der Waals surface area contributed by atoms with Crippen LogP contribution in [0.4, 0.5) is 14.5 Å². The zero-order valence-corrected chi connectivity index (χ0v) is 10.7. The molecule has 0 aliphatic heterocycles. The highest BCUT2D eigenvalue weighted by Crippen LogP contribution is 2.39. The fourth-order valence-corrected chi connectivity index (χ4v) is 1.89. The van der Waals surface area contributed by atoms with Gasteiger partial charge in [0.1, 0.15) is 0 Å². The van der Waals surface area contributed by atoms with E-state index in [0.717, 1.165) is 12.1 Å². The summed E-state index contributed by atoms with van der Waals surface area (Å²) >= 11 is 0. The van der Waals surface area contributed by atoms with Crippen molar-refractivity contribution in [3.8, 4) is 0 Å². The molecule has 1 aliphatic rings. The van der Waals surface area contributed by atoms with Crippen LogP contribution in [0, 0.1) is 23.5 Å². The van der Waals surface area contributed by atoms with Gasteiger partial charge in [0.25, 0.3) is 0 Å². The maximum atomic E-state index is 13.0. The summed E-state index contributed by atoms with van der Waals surface area (Å²) in [7, 11) is 0. The minimum atomic E-state index is -1.03. The van der Waals surface area contributed by atoms with Crippen LogP contribution < -0.4 is 10.6 Å². The van der Waals surface area contributed by atoms with Gasteiger partial charge in [-0.3, -0.25) is 9.59 Å². The largest absolute Gasteiger partial charge is 0.352 e. The van der Waals surface area contributed by atoms with Crippen LogP contribution in [-0.2, 0) is 9.59 Å². The first kappa shape index (κ1) is 14.2. The maximum Gasteiger partial charge on any atom is 0.228 e. The standard InChI is InChI=1S/C14H14F2N2O2/c1-2-5-17-13(19)9-7-10(9)14(20)18-8-3-4-11(15)12(16)6-8/h2-4,6,9-10H,1,5,7H2,(H,17,19)(H,18,20). The molecule has 0 radical (unpaired) electrons. The third-order valence-corrected chi connectivity index (χ3v) is 3.07. The van der Waals surface area contributed by atoms with E-state index in [2.05, 4.69) is 17.2 Å². The summed E-state index contributed by atoms with van der Waals surface area (Å²) in [4.78, 5) is 23.4. The molecular formula is C14H14F2N2O2. The number of hydrogen-bond acceptors (Lipinski definition) is 2. The van der Waals surface area contributed by atoms with Gasteiger partial charge in [-0.1, -0.05) is 6.08 Å². The molecule has 1 fully saturated rings. The van der Waals surface area contributed by atoms with E-state index in [-0.39, 0.29) is 23.4 Å². The monoisotopic (exact) mass is 280 g/mol. The Morgan fingerprint density at radius 2 is 1.95 bits per heavy atom. The zero-order valence-electron chi connectivity index (χ0n) is 10.7. The number of nitrogens with one attached hydrogen (secondary N) is 2. The zero-order chi connectivity index (χ0) is 14.7. The van der Waals surface area contributed by atoms with Gasteiger partial charge >= 0.3 is 0 Å². The van der Waals surface area contributed by atoms with E-state index >= 15 is 0 Å². The molecule has 4 nitrogen and oxygen atoms in total. The molecule has 20 heavy (non-hydrogen) atoms. The van der Waals surface area contributed by atoms with Gasteiger partial charge in [0, 0.05) is 18.3 Å². The molecule has 2 amide bonds. The van der Waals surface area contributed by atoms with Crippen LogP contribution in [0.3, 0.4) is 0 Å². The van der Waals surface area contributed by atoms with E-state index in [4.69, 9.17) is 0 Å². The van der Waals surface area contributed by atoms with Gasteiger partial charge < -0.3 is 10.6 Å². The van der Waals surface area contributed by atoms with Gasteiger partial charge in [0.2, 0.25) is 11.8 Å². The summed E-state index contributed by atoms with van der Waals surface area (Å²) in [5.74, 6) is -3.35. The third kappa shape index (κ3) is 3.20. The van der Waals surface area contributed by atoms with E-state index in [1.165, 1.54) is 6.07 Å². The molecule has 6 heteroatoms. The van der Waals surface area contributed by atoms with Crippen LogP contribution in [0.2, 0.25) is 0 Å². The molecule has 0 saturated heterocycles. The molecule has 2 rings (SSSR count). The maximum absolute atomic E-state index is 13.0. The summed E-state index contributed by atoms with van der Waals surface area (Å²) in [6.07, 6.45) is 2.01. The van der Waals surface area contributed by atoms with Crippen LogP contribution in [0.1, 0.15) is 6.42 Å². The van der Waals surface area contributed by atoms with E-state index in [1.54, 1.807) is 6.08 Å². The van der Waals surface area contributed by atoms with Crippen LogP contribution in [-0.4, -0.2) is 18.4 Å². The number of carbonyl (C=O) groups is 2. The second kappa shape index (κ2) is 5.81. The van der Waals surface area contributed by atoms with Crippen molar-refractivity contribution in [2.24, 2.45) is 11.8 Å². The Morgan fingerprint density at radius 1 is 1.25 bits per heavy atom. The molecule has 2 atom stereocenters. The average molecular weight is 280 g/mol. The predicted octanol–water partition coefficient (Wildman–Crippen LogP) is 1.84. The molecule has 0 spiro atoms. The lowest BCUT2D eigenvalue weighted by Gasteiger charge is -2.05. The molecule has 0 bridgehead atoms. The van der Waals surface area contributed by atoms with E-state index in [1.807, 2.05) is 0 Å². The van der Waals surface area contributed by atoms with E-state index in [9.17, 15) is 18.4 Å². The lowest BCUT2D eigenvalue weighted by molar-refractivity contribution is -0.125. The van der Waals surface area contributed by atoms with Crippen molar-refractivity contribution in [3.63, 3.8) is 0 Å². The van der Waals surface area contributed by atoms with Crippen LogP contribution in [0.25, 0.3) is 0 Å². The second-order valence-electron chi connectivity index (χ2n) is 4.60. The van der Waals surface area contributed by atoms with Gasteiger partial charge in [-0.25, -0.2) is 8.78 Å². The van der Waals surface area contributed by atoms with Gasteiger partial charge in [0.05, 0.1) is 11.8 Å². The number of hydrogen-bond donors (Lipinski definition) is 2. The molecule has 0 aromatic heterocycles. The van der Waals surface area contributed by atoms with E-state index < -0.39 is 17.6 Å². The highest BCUT2D eigenvalue weighted by molar-refractivity contribution is 5.99. The number of carbonyl (C=O) groups excluding carboxylic acids is 2. The van der Waals surface area contributed by atoms with Crippen molar-refractivity contribution in [3.05, 3.63) is 42.5 Å². The van der Waals surface area contributed by atoms with Crippen LogP contribution in [0.15, 0.2) is 30.9 Å². The number of halogens is 2. The number of amides is 2. The Balaban J connectivity index is 1.89. The summed E-state index contributed by atoms with van der Waals surface area (Å²) in [6.45, 7) is 3.83. The van der Waals surface area contributed by atoms with E-state index in [0.29, 0.717) is 13.0 Å². The lowest BCUT2D eigenvalue weighted by Crippen LogP contribution is -2.27. The minimum absolute atomic E-state index is 0.172. The van der Waals surface area contributed by atoms with Crippen molar-refractivity contribution in [1.82, 2.24) is 5.32 Å². The Morgan fingerprint density at radius 3 is 2.60 bits per heavy atom. The molecule has 1 aliphatic carbocycles. The topological polar surface area (TPSA) is 58.2 Å². The molecule has 2 N–H and O–H groups in total. The van der Waals surface area contributed by atoms with Crippen molar-refractivity contribution in [1.29, 1.82) is 0 Å². The highest BCUT2D eigenvalue weighted by atomic mass is 19.2. The van der Waals surface area contributed by atoms with Gasteiger partial charge in [-0.05, 0) is 18.6 Å².